The fourth-order valence-corrected chi connectivity index (χ4v) is 2.09. The van der Waals surface area contributed by atoms with Gasteiger partial charge in [-0.15, -0.1) is 0 Å². The van der Waals surface area contributed by atoms with Gasteiger partial charge in [-0.2, -0.15) is 0 Å². The van der Waals surface area contributed by atoms with Crippen molar-refractivity contribution in [3.63, 3.8) is 0 Å². The van der Waals surface area contributed by atoms with Crippen LogP contribution in [0.25, 0.3) is 0 Å². The van der Waals surface area contributed by atoms with E-state index in [-0.39, 0.29) is 0 Å². The Balaban J connectivity index is 1.92. The van der Waals surface area contributed by atoms with Crippen LogP contribution in [0, 0.1) is 5.41 Å². The Labute approximate surface area is 63.8 Å². The zero-order valence-corrected chi connectivity index (χ0v) is 6.53. The Morgan fingerprint density at radius 2 is 2.10 bits per heavy atom. The molecule has 0 saturated carbocycles. The molecule has 1 radical (unpaired) electrons. The van der Waals surface area contributed by atoms with Gasteiger partial charge < -0.3 is 5.32 Å². The summed E-state index contributed by atoms with van der Waals surface area (Å²) in [7, 11) is 2.42. The third-order valence-corrected chi connectivity index (χ3v) is 2.97. The third-order valence-electron chi connectivity index (χ3n) is 2.97. The summed E-state index contributed by atoms with van der Waals surface area (Å²) in [4.78, 5) is 0. The van der Waals surface area contributed by atoms with E-state index in [2.05, 4.69) is 12.6 Å². The van der Waals surface area contributed by atoms with Crippen molar-refractivity contribution in [2.45, 2.75) is 31.9 Å². The van der Waals surface area contributed by atoms with E-state index in [4.69, 9.17) is 0 Å². The number of hydrogen-bond acceptors (Lipinski definition) is 1. The summed E-state index contributed by atoms with van der Waals surface area (Å²) in [6.07, 6.45) is 7.05. The van der Waals surface area contributed by atoms with Gasteiger partial charge in [0.05, 0.1) is 0 Å². The predicted octanol–water partition coefficient (Wildman–Crippen LogP) is 1.30. The minimum absolute atomic E-state index is 0.719. The molecule has 2 saturated heterocycles. The Kier molecular flexibility index (Phi) is 1.73. The fourth-order valence-electron chi connectivity index (χ4n) is 2.09. The van der Waals surface area contributed by atoms with E-state index in [1.54, 1.807) is 0 Å². The molecule has 2 aliphatic heterocycles. The maximum Gasteiger partial charge on any atom is 0.110 e. The van der Waals surface area contributed by atoms with Crippen molar-refractivity contribution >= 4 is 7.28 Å². The second-order valence-electron chi connectivity index (χ2n) is 3.83. The highest BCUT2D eigenvalue weighted by atomic mass is 14.9. The summed E-state index contributed by atoms with van der Waals surface area (Å²) in [5.41, 5.74) is 0.719. The van der Waals surface area contributed by atoms with Crippen molar-refractivity contribution in [3.8, 4) is 0 Å². The monoisotopic (exact) mass is 136 g/mol. The molecule has 0 aromatic carbocycles. The average Bonchev–Trinajstić information content (AvgIpc) is 2.08. The fraction of sp³-hybridized carbons (Fsp3) is 1.00. The molecule has 2 heterocycles. The normalized spacial score (nSPS) is 30.4. The molecule has 0 aromatic heterocycles. The second kappa shape index (κ2) is 2.57. The lowest BCUT2D eigenvalue weighted by molar-refractivity contribution is 0.301. The smallest absolute Gasteiger partial charge is 0.110 e. The highest BCUT2D eigenvalue weighted by Gasteiger charge is 2.36. The van der Waals surface area contributed by atoms with Gasteiger partial charge in [0.15, 0.2) is 0 Å². The van der Waals surface area contributed by atoms with Crippen LogP contribution in [0.3, 0.4) is 0 Å². The zero-order valence-electron chi connectivity index (χ0n) is 6.53. The van der Waals surface area contributed by atoms with Gasteiger partial charge >= 0.3 is 0 Å². The minimum Gasteiger partial charge on any atom is -0.316 e. The summed E-state index contributed by atoms with van der Waals surface area (Å²) in [5, 5.41) is 3.52. The minimum atomic E-state index is 0.719. The molecule has 0 aliphatic carbocycles. The predicted molar refractivity (Wildman–Crippen MR) is 44.5 cm³/mol. The topological polar surface area (TPSA) is 12.0 Å². The van der Waals surface area contributed by atoms with Crippen LogP contribution in [-0.4, -0.2) is 20.4 Å². The lowest BCUT2D eigenvalue weighted by atomic mass is 9.41. The first-order valence-corrected chi connectivity index (χ1v) is 4.44. The van der Waals surface area contributed by atoms with Gasteiger partial charge in [0.1, 0.15) is 7.28 Å². The van der Waals surface area contributed by atoms with Gasteiger partial charge in [-0.25, -0.2) is 0 Å². The quantitative estimate of drug-likeness (QED) is 0.495. The summed E-state index contributed by atoms with van der Waals surface area (Å²) in [5.74, 6) is 0. The largest absolute Gasteiger partial charge is 0.316 e. The molecule has 2 rings (SSSR count). The molecule has 0 amide bonds. The van der Waals surface area contributed by atoms with Crippen LogP contribution in [0.2, 0.25) is 12.6 Å². The van der Waals surface area contributed by atoms with Crippen molar-refractivity contribution in [1.82, 2.24) is 5.32 Å². The highest BCUT2D eigenvalue weighted by Crippen LogP contribution is 2.42. The molecule has 1 spiro atoms. The van der Waals surface area contributed by atoms with Gasteiger partial charge in [0.2, 0.25) is 0 Å². The van der Waals surface area contributed by atoms with Gasteiger partial charge in [-0.05, 0) is 31.3 Å². The van der Waals surface area contributed by atoms with Gasteiger partial charge in [0, 0.05) is 0 Å². The first-order chi connectivity index (χ1) is 4.91. The van der Waals surface area contributed by atoms with E-state index in [9.17, 15) is 0 Å². The van der Waals surface area contributed by atoms with Gasteiger partial charge in [0.25, 0.3) is 0 Å². The van der Waals surface area contributed by atoms with Gasteiger partial charge in [-0.3, -0.25) is 0 Å². The molecule has 55 valence electrons. The van der Waals surface area contributed by atoms with E-state index in [1.807, 2.05) is 0 Å². The first-order valence-electron chi connectivity index (χ1n) is 4.44. The lowest BCUT2D eigenvalue weighted by Gasteiger charge is -2.41. The number of nitrogens with one attached hydrogen (secondary N) is 1. The molecule has 0 unspecified atom stereocenters. The number of hydrogen-bond donors (Lipinski definition) is 1. The van der Waals surface area contributed by atoms with Crippen LogP contribution in [0.5, 0.6) is 0 Å². The molecule has 0 aromatic rings. The molecule has 2 heteroatoms. The molecule has 1 N–H and O–H groups in total. The van der Waals surface area contributed by atoms with E-state index < -0.39 is 0 Å². The summed E-state index contributed by atoms with van der Waals surface area (Å²) in [6, 6.07) is 0. The van der Waals surface area contributed by atoms with Crippen molar-refractivity contribution < 1.29 is 0 Å². The average molecular weight is 136 g/mol. The number of rotatable bonds is 0. The Hall–Kier alpha value is 0.0249. The third kappa shape index (κ3) is 1.09. The molecular formula is C8H15BN. The van der Waals surface area contributed by atoms with Gasteiger partial charge in [-0.1, -0.05) is 19.1 Å². The van der Waals surface area contributed by atoms with E-state index >= 15 is 0 Å². The Morgan fingerprint density at radius 1 is 1.20 bits per heavy atom. The van der Waals surface area contributed by atoms with Crippen LogP contribution >= 0.6 is 0 Å². The van der Waals surface area contributed by atoms with Crippen LogP contribution in [0.1, 0.15) is 19.3 Å². The summed E-state index contributed by atoms with van der Waals surface area (Å²) < 4.78 is 0. The van der Waals surface area contributed by atoms with Crippen LogP contribution in [0.4, 0.5) is 0 Å². The molecule has 2 fully saturated rings. The lowest BCUT2D eigenvalue weighted by Crippen LogP contribution is -2.41. The van der Waals surface area contributed by atoms with E-state index in [1.165, 1.54) is 45.0 Å². The summed E-state index contributed by atoms with van der Waals surface area (Å²) in [6.45, 7) is 2.53. The Bertz CT molecular complexity index is 110. The van der Waals surface area contributed by atoms with Crippen molar-refractivity contribution in [3.05, 3.63) is 0 Å². The van der Waals surface area contributed by atoms with Crippen molar-refractivity contribution in [2.75, 3.05) is 13.1 Å². The highest BCUT2D eigenvalue weighted by molar-refractivity contribution is 6.40. The van der Waals surface area contributed by atoms with E-state index in [0.717, 1.165) is 5.41 Å². The van der Waals surface area contributed by atoms with Crippen molar-refractivity contribution in [2.24, 2.45) is 5.41 Å². The second-order valence-corrected chi connectivity index (χ2v) is 3.83. The SMILES string of the molecule is [B]1CC2(C1)CCCCNC2. The molecular weight excluding hydrogens is 121 g/mol. The molecule has 0 atom stereocenters. The standard InChI is InChI=1S/C8H15BN/c1-2-4-10-7-8(3-1)5-9-6-8/h10H,1-7H2. The molecule has 10 heavy (non-hydrogen) atoms. The van der Waals surface area contributed by atoms with Crippen LogP contribution in [-0.2, 0) is 0 Å². The molecule has 2 aliphatic rings. The van der Waals surface area contributed by atoms with Crippen molar-refractivity contribution in [1.29, 1.82) is 0 Å². The summed E-state index contributed by atoms with van der Waals surface area (Å²) >= 11 is 0. The zero-order chi connectivity index (χ0) is 6.86. The van der Waals surface area contributed by atoms with Crippen LogP contribution < -0.4 is 5.32 Å². The Morgan fingerprint density at radius 3 is 2.80 bits per heavy atom. The molecule has 0 bridgehead atoms. The van der Waals surface area contributed by atoms with E-state index in [0.29, 0.717) is 0 Å². The first kappa shape index (κ1) is 6.72. The maximum atomic E-state index is 3.52. The maximum absolute atomic E-state index is 3.52. The van der Waals surface area contributed by atoms with Crippen LogP contribution in [0.15, 0.2) is 0 Å². The molecule has 1 nitrogen and oxygen atoms in total.